The standard InChI is InChI=1S/C33H46N2O7/c1-22(2)18-27(34(6)21-26-16-12-9-13-17-26)32(39)41-24(5)30(36)35(7)28(19-23(3)4)33(40)42-29(31(37)38)20-25-14-10-8-11-15-25/h8-17,22-24,27-29H,18-21H2,1-7H3,(H,37,38)/t24-,27+,28+,29-/m1/s1. The summed E-state index contributed by atoms with van der Waals surface area (Å²) >= 11 is 0. The average molecular weight is 583 g/mol. The van der Waals surface area contributed by atoms with Crippen LogP contribution in [0.4, 0.5) is 0 Å². The molecule has 0 aromatic heterocycles. The third-order valence-electron chi connectivity index (χ3n) is 6.99. The molecular weight excluding hydrogens is 536 g/mol. The molecule has 0 spiro atoms. The topological polar surface area (TPSA) is 113 Å². The van der Waals surface area contributed by atoms with Gasteiger partial charge in [0.1, 0.15) is 12.1 Å². The number of benzene rings is 2. The summed E-state index contributed by atoms with van der Waals surface area (Å²) in [6, 6.07) is 17.0. The Hall–Kier alpha value is -3.72. The van der Waals surface area contributed by atoms with Gasteiger partial charge in [0.05, 0.1) is 0 Å². The smallest absolute Gasteiger partial charge is 0.345 e. The first-order valence-corrected chi connectivity index (χ1v) is 14.5. The van der Waals surface area contributed by atoms with Crippen LogP contribution in [-0.4, -0.2) is 77.1 Å². The molecule has 2 rings (SSSR count). The molecule has 0 bridgehead atoms. The zero-order valence-corrected chi connectivity index (χ0v) is 25.9. The molecule has 9 nitrogen and oxygen atoms in total. The number of carboxylic acid groups (broad SMARTS) is 1. The van der Waals surface area contributed by atoms with E-state index in [9.17, 15) is 24.3 Å². The van der Waals surface area contributed by atoms with E-state index in [0.29, 0.717) is 18.5 Å². The summed E-state index contributed by atoms with van der Waals surface area (Å²) in [4.78, 5) is 55.1. The molecule has 0 aliphatic rings. The van der Waals surface area contributed by atoms with Crippen molar-refractivity contribution in [3.8, 4) is 0 Å². The SMILES string of the molecule is CC(C)C[C@@H](C(=O)O[C@H](C)C(=O)N(C)[C@@H](CC(C)C)C(=O)O[C@H](Cc1ccccc1)C(=O)O)N(C)Cc1ccccc1. The number of esters is 2. The maximum atomic E-state index is 13.4. The molecule has 0 fully saturated rings. The minimum absolute atomic E-state index is 0.00424. The van der Waals surface area contributed by atoms with Crippen LogP contribution in [0.2, 0.25) is 0 Å². The molecule has 0 aliphatic heterocycles. The predicted molar refractivity (Wildman–Crippen MR) is 160 cm³/mol. The Morgan fingerprint density at radius 1 is 0.714 bits per heavy atom. The van der Waals surface area contributed by atoms with Gasteiger partial charge < -0.3 is 19.5 Å². The Balaban J connectivity index is 2.14. The van der Waals surface area contributed by atoms with Crippen molar-refractivity contribution in [2.75, 3.05) is 14.1 Å². The minimum Gasteiger partial charge on any atom is -0.478 e. The number of carboxylic acids is 1. The quantitative estimate of drug-likeness (QED) is 0.286. The normalized spacial score (nSPS) is 14.2. The first-order chi connectivity index (χ1) is 19.8. The molecule has 4 atom stereocenters. The van der Waals surface area contributed by atoms with Crippen molar-refractivity contribution < 1.29 is 33.8 Å². The van der Waals surface area contributed by atoms with Crippen LogP contribution in [0.5, 0.6) is 0 Å². The number of likely N-dealkylation sites (N-methyl/N-ethyl adjacent to an activating group) is 2. The monoisotopic (exact) mass is 582 g/mol. The maximum absolute atomic E-state index is 13.4. The summed E-state index contributed by atoms with van der Waals surface area (Å²) in [6.45, 7) is 9.82. The fourth-order valence-corrected chi connectivity index (χ4v) is 4.71. The van der Waals surface area contributed by atoms with Crippen LogP contribution in [0, 0.1) is 11.8 Å². The van der Waals surface area contributed by atoms with Crippen molar-refractivity contribution in [1.82, 2.24) is 9.80 Å². The highest BCUT2D eigenvalue weighted by Crippen LogP contribution is 2.19. The zero-order chi connectivity index (χ0) is 31.4. The van der Waals surface area contributed by atoms with E-state index in [2.05, 4.69) is 0 Å². The lowest BCUT2D eigenvalue weighted by Crippen LogP contribution is -2.50. The number of ether oxygens (including phenoxy) is 2. The number of rotatable bonds is 16. The highest BCUT2D eigenvalue weighted by Gasteiger charge is 2.36. The predicted octanol–water partition coefficient (Wildman–Crippen LogP) is 4.58. The van der Waals surface area contributed by atoms with Crippen LogP contribution in [0.15, 0.2) is 60.7 Å². The number of carbonyl (C=O) groups excluding carboxylic acids is 3. The number of carbonyl (C=O) groups is 4. The summed E-state index contributed by atoms with van der Waals surface area (Å²) in [5, 5.41) is 9.72. The molecule has 230 valence electrons. The molecule has 1 N–H and O–H groups in total. The lowest BCUT2D eigenvalue weighted by atomic mass is 10.0. The molecule has 2 aromatic rings. The summed E-state index contributed by atoms with van der Waals surface area (Å²) in [5.41, 5.74) is 1.75. The van der Waals surface area contributed by atoms with E-state index in [0.717, 1.165) is 5.56 Å². The van der Waals surface area contributed by atoms with Gasteiger partial charge in [-0.2, -0.15) is 0 Å². The number of hydrogen-bond acceptors (Lipinski definition) is 7. The Labute approximate surface area is 249 Å². The molecule has 1 amide bonds. The van der Waals surface area contributed by atoms with E-state index in [1.54, 1.807) is 24.3 Å². The molecule has 0 unspecified atom stereocenters. The van der Waals surface area contributed by atoms with Crippen LogP contribution in [0.25, 0.3) is 0 Å². The molecule has 0 heterocycles. The molecule has 42 heavy (non-hydrogen) atoms. The van der Waals surface area contributed by atoms with Crippen molar-refractivity contribution in [2.24, 2.45) is 11.8 Å². The van der Waals surface area contributed by atoms with Gasteiger partial charge in [-0.05, 0) is 49.8 Å². The third kappa shape index (κ3) is 10.9. The van der Waals surface area contributed by atoms with E-state index >= 15 is 0 Å². The van der Waals surface area contributed by atoms with E-state index < -0.39 is 48.1 Å². The Bertz CT molecular complexity index is 1150. The van der Waals surface area contributed by atoms with Crippen molar-refractivity contribution in [2.45, 2.75) is 84.7 Å². The second kappa shape index (κ2) is 16.7. The van der Waals surface area contributed by atoms with Gasteiger partial charge in [0, 0.05) is 20.0 Å². The Morgan fingerprint density at radius 2 is 1.19 bits per heavy atom. The highest BCUT2D eigenvalue weighted by atomic mass is 16.6. The summed E-state index contributed by atoms with van der Waals surface area (Å²) < 4.78 is 11.1. The number of hydrogen-bond donors (Lipinski definition) is 1. The fourth-order valence-electron chi connectivity index (χ4n) is 4.71. The van der Waals surface area contributed by atoms with Crippen LogP contribution in [-0.2, 0) is 41.6 Å². The van der Waals surface area contributed by atoms with Crippen molar-refractivity contribution in [3.63, 3.8) is 0 Å². The zero-order valence-electron chi connectivity index (χ0n) is 25.9. The van der Waals surface area contributed by atoms with Gasteiger partial charge in [0.2, 0.25) is 6.10 Å². The average Bonchev–Trinajstić information content (AvgIpc) is 2.94. The van der Waals surface area contributed by atoms with Crippen molar-refractivity contribution >= 4 is 23.8 Å². The van der Waals surface area contributed by atoms with Crippen LogP contribution in [0.3, 0.4) is 0 Å². The van der Waals surface area contributed by atoms with Crippen LogP contribution >= 0.6 is 0 Å². The summed E-state index contributed by atoms with van der Waals surface area (Å²) in [5.74, 6) is -2.99. The van der Waals surface area contributed by atoms with E-state index in [-0.39, 0.29) is 24.7 Å². The van der Waals surface area contributed by atoms with Crippen molar-refractivity contribution in [3.05, 3.63) is 71.8 Å². The molecule has 2 aromatic carbocycles. The molecule has 9 heteroatoms. The van der Waals surface area contributed by atoms with Gasteiger partial charge in [0.15, 0.2) is 6.10 Å². The van der Waals surface area contributed by atoms with Gasteiger partial charge in [-0.25, -0.2) is 9.59 Å². The lowest BCUT2D eigenvalue weighted by Gasteiger charge is -2.32. The third-order valence-corrected chi connectivity index (χ3v) is 6.99. The summed E-state index contributed by atoms with van der Waals surface area (Å²) in [7, 11) is 3.30. The second-order valence-electron chi connectivity index (χ2n) is 11.7. The van der Waals surface area contributed by atoms with Gasteiger partial charge in [-0.15, -0.1) is 0 Å². The molecule has 0 radical (unpaired) electrons. The van der Waals surface area contributed by atoms with E-state index in [1.165, 1.54) is 18.9 Å². The fraction of sp³-hybridized carbons (Fsp3) is 0.515. The first-order valence-electron chi connectivity index (χ1n) is 14.5. The highest BCUT2D eigenvalue weighted by molar-refractivity contribution is 5.89. The number of aliphatic carboxylic acids is 1. The van der Waals surface area contributed by atoms with Gasteiger partial charge >= 0.3 is 17.9 Å². The molecule has 0 saturated heterocycles. The Morgan fingerprint density at radius 3 is 1.69 bits per heavy atom. The maximum Gasteiger partial charge on any atom is 0.345 e. The largest absolute Gasteiger partial charge is 0.478 e. The van der Waals surface area contributed by atoms with Crippen LogP contribution in [0.1, 0.15) is 58.6 Å². The molecule has 0 aliphatic carbocycles. The van der Waals surface area contributed by atoms with Gasteiger partial charge in [-0.3, -0.25) is 14.5 Å². The van der Waals surface area contributed by atoms with Crippen LogP contribution < -0.4 is 0 Å². The van der Waals surface area contributed by atoms with Gasteiger partial charge in [-0.1, -0.05) is 88.4 Å². The Kier molecular flexibility index (Phi) is 13.7. The second-order valence-corrected chi connectivity index (χ2v) is 11.7. The van der Waals surface area contributed by atoms with Crippen molar-refractivity contribution in [1.29, 1.82) is 0 Å². The number of amides is 1. The molecule has 0 saturated carbocycles. The molecular formula is C33H46N2O7. The lowest BCUT2D eigenvalue weighted by molar-refractivity contribution is -0.172. The van der Waals surface area contributed by atoms with E-state index in [4.69, 9.17) is 9.47 Å². The minimum atomic E-state index is -1.41. The van der Waals surface area contributed by atoms with Gasteiger partial charge in [0.25, 0.3) is 5.91 Å². The number of nitrogens with zero attached hydrogens (tertiary/aromatic N) is 2. The first kappa shape index (κ1) is 34.5. The van der Waals surface area contributed by atoms with E-state index in [1.807, 2.05) is 76.0 Å². The summed E-state index contributed by atoms with van der Waals surface area (Å²) in [6.07, 6.45) is -1.79.